The smallest absolute Gasteiger partial charge is 0.326 e. The van der Waals surface area contributed by atoms with E-state index in [1.54, 1.807) is 19.1 Å². The molecule has 2 aliphatic rings. The summed E-state index contributed by atoms with van der Waals surface area (Å²) in [6.07, 6.45) is 0. The van der Waals surface area contributed by atoms with E-state index in [0.29, 0.717) is 0 Å². The van der Waals surface area contributed by atoms with Crippen LogP contribution < -0.4 is 5.32 Å². The number of likely N-dealkylation sites (tertiary alicyclic amines) is 1. The van der Waals surface area contributed by atoms with E-state index < -0.39 is 29.4 Å². The summed E-state index contributed by atoms with van der Waals surface area (Å²) in [5.74, 6) is -3.09. The zero-order valence-corrected chi connectivity index (χ0v) is 16.3. The number of methoxy groups -OCH3 is 1. The number of benzene rings is 2. The van der Waals surface area contributed by atoms with E-state index in [1.807, 2.05) is 24.3 Å². The second-order valence-electron chi connectivity index (χ2n) is 7.68. The number of nitrogens with one attached hydrogen (secondary N) is 1. The number of carbonyl (C=O) groups is 3. The van der Waals surface area contributed by atoms with E-state index in [2.05, 4.69) is 5.32 Å². The first-order chi connectivity index (χ1) is 13.8. The summed E-state index contributed by atoms with van der Waals surface area (Å²) in [6.45, 7) is 1.60. The van der Waals surface area contributed by atoms with Gasteiger partial charge >= 0.3 is 5.97 Å². The number of hydrogen-bond donors (Lipinski definition) is 1. The molecule has 2 aromatic rings. The molecule has 4 atom stereocenters. The van der Waals surface area contributed by atoms with Crippen molar-refractivity contribution in [3.8, 4) is 11.1 Å². The van der Waals surface area contributed by atoms with Crippen LogP contribution in [0.25, 0.3) is 11.1 Å². The maximum absolute atomic E-state index is 13.2. The highest BCUT2D eigenvalue weighted by atomic mass is 19.1. The fourth-order valence-electron chi connectivity index (χ4n) is 4.49. The van der Waals surface area contributed by atoms with Gasteiger partial charge in [-0.05, 0) is 35.7 Å². The van der Waals surface area contributed by atoms with Crippen molar-refractivity contribution in [2.75, 3.05) is 14.2 Å². The number of nitrogens with zero attached hydrogens (tertiary/aromatic N) is 1. The third kappa shape index (κ3) is 2.84. The molecule has 4 rings (SSSR count). The van der Waals surface area contributed by atoms with E-state index >= 15 is 0 Å². The number of amides is 2. The van der Waals surface area contributed by atoms with Crippen molar-refractivity contribution in [2.24, 2.45) is 11.8 Å². The standard InChI is InChI=1S/C22H21FN2O4/c1-22(21(28)29-3)17-16(19(26)25(2)20(17)27)18(24-22)14-6-4-12(5-7-14)13-8-10-15(23)11-9-13/h4-11,16-18,24H,1-3H3/t16?,17?,18?,22-/m1/s1. The normalized spacial score (nSPS) is 28.6. The Kier molecular flexibility index (Phi) is 4.50. The zero-order chi connectivity index (χ0) is 20.9. The van der Waals surface area contributed by atoms with Crippen molar-refractivity contribution >= 4 is 17.8 Å². The minimum Gasteiger partial charge on any atom is -0.468 e. The molecule has 0 aliphatic carbocycles. The topological polar surface area (TPSA) is 75.7 Å². The Morgan fingerprint density at radius 2 is 1.59 bits per heavy atom. The molecule has 2 aliphatic heterocycles. The van der Waals surface area contributed by atoms with Gasteiger partial charge in [0.1, 0.15) is 11.4 Å². The second kappa shape index (κ2) is 6.77. The summed E-state index contributed by atoms with van der Waals surface area (Å²) < 4.78 is 18.1. The molecule has 0 bridgehead atoms. The quantitative estimate of drug-likeness (QED) is 0.637. The summed E-state index contributed by atoms with van der Waals surface area (Å²) >= 11 is 0. The maximum atomic E-state index is 13.2. The number of carbonyl (C=O) groups excluding carboxylic acids is 3. The number of rotatable bonds is 3. The van der Waals surface area contributed by atoms with Crippen LogP contribution in [0, 0.1) is 17.7 Å². The Labute approximate surface area is 167 Å². The predicted octanol–water partition coefficient (Wildman–Crippen LogP) is 2.30. The molecule has 0 saturated carbocycles. The van der Waals surface area contributed by atoms with Crippen LogP contribution in [-0.2, 0) is 19.1 Å². The lowest BCUT2D eigenvalue weighted by molar-refractivity contribution is -0.152. The molecule has 0 spiro atoms. The van der Waals surface area contributed by atoms with Crippen LogP contribution >= 0.6 is 0 Å². The molecule has 2 fully saturated rings. The minimum atomic E-state index is -1.29. The van der Waals surface area contributed by atoms with Crippen LogP contribution in [0.2, 0.25) is 0 Å². The molecule has 2 heterocycles. The van der Waals surface area contributed by atoms with Crippen LogP contribution in [-0.4, -0.2) is 42.4 Å². The van der Waals surface area contributed by atoms with Gasteiger partial charge < -0.3 is 4.74 Å². The lowest BCUT2D eigenvalue weighted by atomic mass is 9.80. The van der Waals surface area contributed by atoms with Crippen LogP contribution in [0.1, 0.15) is 18.5 Å². The lowest BCUT2D eigenvalue weighted by Gasteiger charge is -2.27. The largest absolute Gasteiger partial charge is 0.468 e. The molecule has 2 aromatic carbocycles. The summed E-state index contributed by atoms with van der Waals surface area (Å²) in [7, 11) is 2.70. The summed E-state index contributed by atoms with van der Waals surface area (Å²) in [5.41, 5.74) is 1.25. The zero-order valence-electron chi connectivity index (χ0n) is 16.3. The Balaban J connectivity index is 1.71. The van der Waals surface area contributed by atoms with Gasteiger partial charge in [0, 0.05) is 13.1 Å². The number of ether oxygens (including phenoxy) is 1. The molecule has 0 aromatic heterocycles. The van der Waals surface area contributed by atoms with Gasteiger partial charge in [-0.15, -0.1) is 0 Å². The van der Waals surface area contributed by atoms with Crippen molar-refractivity contribution in [1.29, 1.82) is 0 Å². The van der Waals surface area contributed by atoms with E-state index in [0.717, 1.165) is 21.6 Å². The average Bonchev–Trinajstić information content (AvgIpc) is 3.17. The van der Waals surface area contributed by atoms with Crippen molar-refractivity contribution in [1.82, 2.24) is 10.2 Å². The summed E-state index contributed by atoms with van der Waals surface area (Å²) in [6, 6.07) is 13.1. The Hall–Kier alpha value is -3.06. The first kappa shape index (κ1) is 19.3. The Morgan fingerprint density at radius 1 is 1.03 bits per heavy atom. The molecular formula is C22H21FN2O4. The predicted molar refractivity (Wildman–Crippen MR) is 103 cm³/mol. The third-order valence-electron chi connectivity index (χ3n) is 6.06. The average molecular weight is 396 g/mol. The number of hydrogen-bond acceptors (Lipinski definition) is 5. The highest BCUT2D eigenvalue weighted by Crippen LogP contribution is 2.48. The fourth-order valence-corrected chi connectivity index (χ4v) is 4.49. The van der Waals surface area contributed by atoms with Crippen LogP contribution in [0.15, 0.2) is 48.5 Å². The lowest BCUT2D eigenvalue weighted by Crippen LogP contribution is -2.53. The maximum Gasteiger partial charge on any atom is 0.326 e. The van der Waals surface area contributed by atoms with Gasteiger partial charge in [0.2, 0.25) is 11.8 Å². The van der Waals surface area contributed by atoms with Gasteiger partial charge in [0.25, 0.3) is 0 Å². The van der Waals surface area contributed by atoms with Gasteiger partial charge in [-0.1, -0.05) is 36.4 Å². The van der Waals surface area contributed by atoms with Gasteiger partial charge in [-0.3, -0.25) is 24.6 Å². The molecular weight excluding hydrogens is 375 g/mol. The molecule has 1 N–H and O–H groups in total. The first-order valence-corrected chi connectivity index (χ1v) is 9.31. The van der Waals surface area contributed by atoms with Crippen molar-refractivity contribution in [3.63, 3.8) is 0 Å². The van der Waals surface area contributed by atoms with Gasteiger partial charge in [0.15, 0.2) is 0 Å². The van der Waals surface area contributed by atoms with Crippen molar-refractivity contribution in [3.05, 3.63) is 59.9 Å². The van der Waals surface area contributed by atoms with Crippen molar-refractivity contribution < 1.29 is 23.5 Å². The highest BCUT2D eigenvalue weighted by molar-refractivity contribution is 6.09. The second-order valence-corrected chi connectivity index (χ2v) is 7.68. The van der Waals surface area contributed by atoms with Gasteiger partial charge in [0.05, 0.1) is 18.9 Å². The van der Waals surface area contributed by atoms with E-state index in [-0.39, 0.29) is 17.6 Å². The molecule has 6 nitrogen and oxygen atoms in total. The molecule has 3 unspecified atom stereocenters. The number of fused-ring (bicyclic) bond motifs is 1. The SMILES string of the molecule is COC(=O)[C@]1(C)NC(c2ccc(-c3ccc(F)cc3)cc2)C2C(=O)N(C)C(=O)C21. The minimum absolute atomic E-state index is 0.304. The highest BCUT2D eigenvalue weighted by Gasteiger charge is 2.66. The number of halogens is 1. The van der Waals surface area contributed by atoms with E-state index in [1.165, 1.54) is 26.3 Å². The van der Waals surface area contributed by atoms with Crippen LogP contribution in [0.4, 0.5) is 4.39 Å². The van der Waals surface area contributed by atoms with E-state index in [9.17, 15) is 18.8 Å². The molecule has 29 heavy (non-hydrogen) atoms. The van der Waals surface area contributed by atoms with Crippen LogP contribution in [0.5, 0.6) is 0 Å². The molecule has 7 heteroatoms. The Bertz CT molecular complexity index is 989. The molecule has 0 radical (unpaired) electrons. The number of esters is 1. The van der Waals surface area contributed by atoms with Gasteiger partial charge in [-0.25, -0.2) is 4.39 Å². The number of imide groups is 1. The van der Waals surface area contributed by atoms with E-state index in [4.69, 9.17) is 4.74 Å². The summed E-state index contributed by atoms with van der Waals surface area (Å²) in [5, 5.41) is 3.19. The monoisotopic (exact) mass is 396 g/mol. The molecule has 2 saturated heterocycles. The third-order valence-corrected chi connectivity index (χ3v) is 6.06. The first-order valence-electron chi connectivity index (χ1n) is 9.31. The Morgan fingerprint density at radius 3 is 2.14 bits per heavy atom. The molecule has 2 amide bonds. The summed E-state index contributed by atoms with van der Waals surface area (Å²) in [4.78, 5) is 39.1. The van der Waals surface area contributed by atoms with Crippen molar-refractivity contribution in [2.45, 2.75) is 18.5 Å². The fraction of sp³-hybridized carbons (Fsp3) is 0.318. The van der Waals surface area contributed by atoms with Gasteiger partial charge in [-0.2, -0.15) is 0 Å². The molecule has 150 valence electrons. The van der Waals surface area contributed by atoms with Crippen LogP contribution in [0.3, 0.4) is 0 Å².